The topological polar surface area (TPSA) is 135 Å². The number of nitrogens with zero attached hydrogens (tertiary/aromatic N) is 4. The molecule has 3 N–H and O–H groups in total. The average Bonchev–Trinajstić information content (AvgIpc) is 3.27. The van der Waals surface area contributed by atoms with E-state index in [1.54, 1.807) is 72.8 Å². The summed E-state index contributed by atoms with van der Waals surface area (Å²) >= 11 is 0. The fourth-order valence-electron chi connectivity index (χ4n) is 7.37. The number of hydrogen-bond acceptors (Lipinski definition) is 8. The molecule has 0 spiro atoms. The number of sulfonamides is 1. The van der Waals surface area contributed by atoms with Crippen molar-refractivity contribution >= 4 is 43.8 Å². The van der Waals surface area contributed by atoms with Crippen LogP contribution in [-0.2, 0) is 21.2 Å². The molecule has 0 saturated carbocycles. The van der Waals surface area contributed by atoms with E-state index in [2.05, 4.69) is 22.6 Å². The minimum Gasteiger partial charge on any atom is -0.508 e. The van der Waals surface area contributed by atoms with Crippen LogP contribution in [0.25, 0.3) is 10.8 Å². The Morgan fingerprint density at radius 2 is 1.17 bits per heavy atom. The minimum atomic E-state index is -4.42. The fourth-order valence-corrected chi connectivity index (χ4v) is 8.60. The summed E-state index contributed by atoms with van der Waals surface area (Å²) in [5.74, 6) is -0.296. The zero-order valence-corrected chi connectivity index (χ0v) is 36.0. The van der Waals surface area contributed by atoms with Crippen molar-refractivity contribution in [3.63, 3.8) is 0 Å². The maximum absolute atomic E-state index is 14.5. The standard InChI is InChI=1S/C49H63N5O5S/c1-2-3-4-5-6-7-8-9-10-11-12-13-14-15-16-25-38-50-48(57)37-33-41-39-43(34-36-46(41)55)53(42-27-19-17-20-28-42)54(60(58,59)44-29-21-18-22-30-44)52-51-49-45-31-24-23-26-40(45)32-35-47(49)56/h17-24,26-32,34-36,39,55-56H,2-16,25,33,37-38H2,1H3,(H,50,57). The molecule has 5 rings (SSSR count). The summed E-state index contributed by atoms with van der Waals surface area (Å²) < 4.78 is 29.8. The van der Waals surface area contributed by atoms with Gasteiger partial charge in [0, 0.05) is 18.4 Å². The number of carbonyl (C=O) groups excluding carboxylic acids is 1. The molecule has 0 atom stereocenters. The Labute approximate surface area is 357 Å². The van der Waals surface area contributed by atoms with Crippen LogP contribution in [0, 0.1) is 0 Å². The number of hydrazine groups is 1. The van der Waals surface area contributed by atoms with Crippen LogP contribution in [0.15, 0.2) is 130 Å². The monoisotopic (exact) mass is 833 g/mol. The van der Waals surface area contributed by atoms with Crippen molar-refractivity contribution in [2.75, 3.05) is 11.6 Å². The van der Waals surface area contributed by atoms with E-state index in [1.165, 1.54) is 119 Å². The van der Waals surface area contributed by atoms with Gasteiger partial charge in [0.15, 0.2) is 0 Å². The molecule has 1 amide bonds. The maximum Gasteiger partial charge on any atom is 0.299 e. The maximum atomic E-state index is 14.5. The summed E-state index contributed by atoms with van der Waals surface area (Å²) in [5.41, 5.74) is 1.35. The lowest BCUT2D eigenvalue weighted by molar-refractivity contribution is -0.121. The van der Waals surface area contributed by atoms with Crippen LogP contribution in [0.3, 0.4) is 0 Å². The number of fused-ring (bicyclic) bond motifs is 1. The summed E-state index contributed by atoms with van der Waals surface area (Å²) in [6, 6.07) is 32.0. The molecule has 5 aromatic carbocycles. The number of rotatable bonds is 27. The summed E-state index contributed by atoms with van der Waals surface area (Å²) in [5, 5.41) is 36.3. The van der Waals surface area contributed by atoms with Crippen molar-refractivity contribution in [3.8, 4) is 11.5 Å². The third-order valence-corrected chi connectivity index (χ3v) is 12.3. The number of carbonyl (C=O) groups is 1. The average molecular weight is 834 g/mol. The molecule has 0 saturated heterocycles. The molecule has 0 aromatic heterocycles. The third-order valence-electron chi connectivity index (χ3n) is 10.8. The van der Waals surface area contributed by atoms with E-state index in [9.17, 15) is 23.4 Å². The quantitative estimate of drug-likeness (QED) is 0.0274. The molecular formula is C49H63N5O5S. The van der Waals surface area contributed by atoms with E-state index in [0.717, 1.165) is 22.8 Å². The fraction of sp³-hybridized carbons (Fsp3) is 0.408. The number of phenolic OH excluding ortho intramolecular Hbond substituents is 2. The van der Waals surface area contributed by atoms with Gasteiger partial charge >= 0.3 is 0 Å². The van der Waals surface area contributed by atoms with Crippen molar-refractivity contribution in [1.82, 2.24) is 9.84 Å². The predicted molar refractivity (Wildman–Crippen MR) is 243 cm³/mol. The molecule has 60 heavy (non-hydrogen) atoms. The molecule has 320 valence electrons. The second-order valence-electron chi connectivity index (χ2n) is 15.5. The Kier molecular flexibility index (Phi) is 18.7. The van der Waals surface area contributed by atoms with Crippen LogP contribution in [-0.4, -0.2) is 35.6 Å². The lowest BCUT2D eigenvalue weighted by Gasteiger charge is -2.32. The first-order valence-corrected chi connectivity index (χ1v) is 23.4. The second-order valence-corrected chi connectivity index (χ2v) is 17.2. The highest BCUT2D eigenvalue weighted by Gasteiger charge is 2.32. The number of amides is 1. The summed E-state index contributed by atoms with van der Waals surface area (Å²) in [6.45, 7) is 2.87. The molecule has 0 aliphatic heterocycles. The summed E-state index contributed by atoms with van der Waals surface area (Å²) in [7, 11) is -4.42. The van der Waals surface area contributed by atoms with Gasteiger partial charge in [-0.05, 0) is 77.5 Å². The van der Waals surface area contributed by atoms with E-state index in [1.807, 2.05) is 18.2 Å². The largest absolute Gasteiger partial charge is 0.508 e. The van der Waals surface area contributed by atoms with Gasteiger partial charge in [0.2, 0.25) is 5.91 Å². The van der Waals surface area contributed by atoms with Gasteiger partial charge in [-0.15, -0.1) is 5.11 Å². The van der Waals surface area contributed by atoms with Gasteiger partial charge in [0.1, 0.15) is 17.2 Å². The highest BCUT2D eigenvalue weighted by molar-refractivity contribution is 7.89. The number of anilines is 2. The Bertz CT molecular complexity index is 2180. The lowest BCUT2D eigenvalue weighted by atomic mass is 10.0. The molecule has 0 aliphatic rings. The normalized spacial score (nSPS) is 11.6. The van der Waals surface area contributed by atoms with Gasteiger partial charge in [0.05, 0.1) is 16.3 Å². The Morgan fingerprint density at radius 3 is 1.80 bits per heavy atom. The van der Waals surface area contributed by atoms with E-state index < -0.39 is 10.0 Å². The molecule has 10 nitrogen and oxygen atoms in total. The number of benzene rings is 5. The zero-order chi connectivity index (χ0) is 42.4. The molecule has 0 unspecified atom stereocenters. The van der Waals surface area contributed by atoms with Gasteiger partial charge in [-0.3, -0.25) is 4.79 Å². The zero-order valence-electron chi connectivity index (χ0n) is 35.2. The predicted octanol–water partition coefficient (Wildman–Crippen LogP) is 13.0. The molecule has 0 bridgehead atoms. The highest BCUT2D eigenvalue weighted by Crippen LogP contribution is 2.38. The smallest absolute Gasteiger partial charge is 0.299 e. The number of hydrogen-bond donors (Lipinski definition) is 3. The lowest BCUT2D eigenvalue weighted by Crippen LogP contribution is -2.40. The first kappa shape index (κ1) is 45.7. The third kappa shape index (κ3) is 13.8. The number of unbranched alkanes of at least 4 members (excludes halogenated alkanes) is 15. The Morgan fingerprint density at radius 1 is 0.617 bits per heavy atom. The second kappa shape index (κ2) is 24.6. The molecule has 0 fully saturated rings. The summed E-state index contributed by atoms with van der Waals surface area (Å²) in [4.78, 5) is 12.9. The van der Waals surface area contributed by atoms with Crippen molar-refractivity contribution in [3.05, 3.63) is 121 Å². The van der Waals surface area contributed by atoms with Gasteiger partial charge in [0.25, 0.3) is 10.0 Å². The summed E-state index contributed by atoms with van der Waals surface area (Å²) in [6.07, 6.45) is 21.1. The van der Waals surface area contributed by atoms with Crippen molar-refractivity contribution in [2.24, 2.45) is 10.3 Å². The highest BCUT2D eigenvalue weighted by atomic mass is 32.2. The van der Waals surface area contributed by atoms with Crippen LogP contribution < -0.4 is 10.3 Å². The van der Waals surface area contributed by atoms with E-state index in [0.29, 0.717) is 28.9 Å². The molecular weight excluding hydrogens is 771 g/mol. The van der Waals surface area contributed by atoms with Gasteiger partial charge in [-0.25, -0.2) is 5.01 Å². The first-order chi connectivity index (χ1) is 29.3. The molecule has 11 heteroatoms. The first-order valence-electron chi connectivity index (χ1n) is 22.0. The number of aryl methyl sites for hydroxylation is 1. The van der Waals surface area contributed by atoms with Gasteiger partial charge in [-0.1, -0.05) is 174 Å². The van der Waals surface area contributed by atoms with Crippen LogP contribution >= 0.6 is 0 Å². The van der Waals surface area contributed by atoms with Crippen molar-refractivity contribution in [2.45, 2.75) is 127 Å². The van der Waals surface area contributed by atoms with Crippen LogP contribution in [0.2, 0.25) is 0 Å². The molecule has 0 aliphatic carbocycles. The van der Waals surface area contributed by atoms with E-state index in [-0.39, 0.29) is 40.8 Å². The number of para-hydroxylation sites is 1. The van der Waals surface area contributed by atoms with Crippen LogP contribution in [0.1, 0.15) is 122 Å². The van der Waals surface area contributed by atoms with Gasteiger partial charge in [-0.2, -0.15) is 8.42 Å². The van der Waals surface area contributed by atoms with Gasteiger partial charge < -0.3 is 15.5 Å². The van der Waals surface area contributed by atoms with Crippen LogP contribution in [0.4, 0.5) is 17.1 Å². The van der Waals surface area contributed by atoms with Crippen molar-refractivity contribution in [1.29, 1.82) is 0 Å². The minimum absolute atomic E-state index is 0.0165. The number of nitrogens with one attached hydrogen (secondary N) is 1. The molecule has 5 aromatic rings. The van der Waals surface area contributed by atoms with Crippen molar-refractivity contribution < 1.29 is 23.4 Å². The Balaban J connectivity index is 1.20. The SMILES string of the molecule is CCCCCCCCCCCCCCCCCCNC(=O)CCc1cc(N(c2ccccc2)N(N=Nc2c(O)ccc3ccccc23)S(=O)(=O)c2ccccc2)ccc1O. The molecule has 0 radical (unpaired) electrons. The number of aromatic hydroxyl groups is 2. The van der Waals surface area contributed by atoms with E-state index in [4.69, 9.17) is 0 Å². The molecule has 0 heterocycles. The van der Waals surface area contributed by atoms with Crippen LogP contribution in [0.5, 0.6) is 11.5 Å². The van der Waals surface area contributed by atoms with E-state index >= 15 is 0 Å². The number of phenols is 2. The Hall–Kier alpha value is -5.42.